The molecular formula is C26H41F3N8O. The van der Waals surface area contributed by atoms with Crippen LogP contribution in [0.2, 0.25) is 0 Å². The number of piperazine rings is 1. The van der Waals surface area contributed by atoms with Crippen LogP contribution in [0.25, 0.3) is 0 Å². The number of hydrogen-bond acceptors (Lipinski definition) is 8. The van der Waals surface area contributed by atoms with Crippen molar-refractivity contribution in [2.75, 3.05) is 56.3 Å². The first-order chi connectivity index (χ1) is 18.0. The van der Waals surface area contributed by atoms with Crippen LogP contribution in [-0.2, 0) is 10.7 Å². The number of nitrogens with zero attached hydrogens (tertiary/aromatic N) is 6. The first kappa shape index (κ1) is 31.1. The van der Waals surface area contributed by atoms with Crippen molar-refractivity contribution in [2.45, 2.75) is 53.0 Å². The van der Waals surface area contributed by atoms with Crippen LogP contribution in [0.3, 0.4) is 0 Å². The highest BCUT2D eigenvalue weighted by atomic mass is 19.3. The van der Waals surface area contributed by atoms with E-state index in [1.807, 2.05) is 23.6 Å². The molecule has 4 rings (SSSR count). The van der Waals surface area contributed by atoms with Crippen LogP contribution < -0.4 is 16.2 Å². The van der Waals surface area contributed by atoms with Gasteiger partial charge in [-0.05, 0) is 32.9 Å². The summed E-state index contributed by atoms with van der Waals surface area (Å²) in [6.07, 6.45) is 2.84. The van der Waals surface area contributed by atoms with Crippen molar-refractivity contribution in [2.24, 2.45) is 10.9 Å². The Morgan fingerprint density at radius 2 is 1.84 bits per heavy atom. The number of aromatic nitrogens is 2. The van der Waals surface area contributed by atoms with Gasteiger partial charge in [-0.2, -0.15) is 5.10 Å². The fourth-order valence-corrected chi connectivity index (χ4v) is 4.05. The van der Waals surface area contributed by atoms with Gasteiger partial charge in [-0.1, -0.05) is 26.0 Å². The van der Waals surface area contributed by atoms with Crippen molar-refractivity contribution in [3.8, 4) is 0 Å². The average molecular weight is 539 g/mol. The highest BCUT2D eigenvalue weighted by Gasteiger charge is 2.33. The lowest BCUT2D eigenvalue weighted by Crippen LogP contribution is -2.60. The molecule has 12 heteroatoms. The summed E-state index contributed by atoms with van der Waals surface area (Å²) >= 11 is 0. The molecule has 2 aliphatic heterocycles. The van der Waals surface area contributed by atoms with Crippen LogP contribution in [0, 0.1) is 12.7 Å². The third-order valence-corrected chi connectivity index (χ3v) is 5.95. The maximum atomic E-state index is 13.4. The highest BCUT2D eigenvalue weighted by Crippen LogP contribution is 2.29. The standard InChI is InChI=1S/C15H23F2N5.C9H12FN3O.C2H6/c1-14(2)10-21(11-19-18)7-8-22(14)20-13-6-4-5-12(9-13)15(3,16)17;1-7-11-6-8(10)9(12-7)13-2-4-14-5-3-13;1-2/h4-6,9,11,20H,7-8,10,18H2,1-3H3;6H,2-5H2,1H3;1-2H3/b19-11+;;. The third kappa shape index (κ3) is 9.02. The number of morpholine rings is 1. The minimum atomic E-state index is -2.84. The first-order valence-electron chi connectivity index (χ1n) is 12.8. The zero-order valence-electron chi connectivity index (χ0n) is 23.2. The molecule has 0 bridgehead atoms. The Hall–Kier alpha value is -3.12. The zero-order chi connectivity index (χ0) is 28.3. The summed E-state index contributed by atoms with van der Waals surface area (Å²) in [7, 11) is 0. The summed E-state index contributed by atoms with van der Waals surface area (Å²) in [4.78, 5) is 11.8. The van der Waals surface area contributed by atoms with Crippen LogP contribution in [-0.4, -0.2) is 77.7 Å². The van der Waals surface area contributed by atoms with Gasteiger partial charge in [0.1, 0.15) is 12.2 Å². The van der Waals surface area contributed by atoms with Crippen LogP contribution in [0.4, 0.5) is 24.7 Å². The van der Waals surface area contributed by atoms with Crippen LogP contribution in [0.15, 0.2) is 35.6 Å². The number of hydrogen-bond donors (Lipinski definition) is 2. The van der Waals surface area contributed by atoms with E-state index in [0.29, 0.717) is 43.6 Å². The zero-order valence-corrected chi connectivity index (χ0v) is 23.2. The molecular weight excluding hydrogens is 497 g/mol. The van der Waals surface area contributed by atoms with Crippen molar-refractivity contribution in [3.63, 3.8) is 0 Å². The van der Waals surface area contributed by atoms with Crippen LogP contribution in [0.5, 0.6) is 0 Å². The predicted octanol–water partition coefficient (Wildman–Crippen LogP) is 4.21. The van der Waals surface area contributed by atoms with E-state index in [9.17, 15) is 13.2 Å². The Morgan fingerprint density at radius 3 is 2.45 bits per heavy atom. The molecule has 2 aromatic rings. The van der Waals surface area contributed by atoms with Crippen molar-refractivity contribution >= 4 is 17.8 Å². The molecule has 3 N–H and O–H groups in total. The number of hydrazone groups is 1. The average Bonchev–Trinajstić information content (AvgIpc) is 2.89. The quantitative estimate of drug-likeness (QED) is 0.253. The minimum absolute atomic E-state index is 0.00390. The van der Waals surface area contributed by atoms with Gasteiger partial charge in [-0.15, -0.1) is 0 Å². The molecule has 212 valence electrons. The fourth-order valence-electron chi connectivity index (χ4n) is 4.05. The molecule has 1 aromatic heterocycles. The van der Waals surface area contributed by atoms with Gasteiger partial charge < -0.3 is 25.8 Å². The summed E-state index contributed by atoms with van der Waals surface area (Å²) in [6.45, 7) is 15.7. The molecule has 0 spiro atoms. The largest absolute Gasteiger partial charge is 0.378 e. The second-order valence-corrected chi connectivity index (χ2v) is 9.47. The van der Waals surface area contributed by atoms with Crippen molar-refractivity contribution in [1.29, 1.82) is 0 Å². The van der Waals surface area contributed by atoms with Gasteiger partial charge in [-0.3, -0.25) is 0 Å². The number of rotatable bonds is 5. The van der Waals surface area contributed by atoms with E-state index >= 15 is 0 Å². The first-order valence-corrected chi connectivity index (χ1v) is 12.8. The molecule has 0 amide bonds. The van der Waals surface area contributed by atoms with Gasteiger partial charge in [0, 0.05) is 50.9 Å². The molecule has 1 aromatic carbocycles. The van der Waals surface area contributed by atoms with Crippen LogP contribution >= 0.6 is 0 Å². The highest BCUT2D eigenvalue weighted by molar-refractivity contribution is 5.55. The molecule has 0 radical (unpaired) electrons. The van der Waals surface area contributed by atoms with Crippen molar-refractivity contribution in [1.82, 2.24) is 19.9 Å². The smallest absolute Gasteiger partial charge is 0.270 e. The van der Waals surface area contributed by atoms with Gasteiger partial charge in [0.05, 0.1) is 24.9 Å². The number of alkyl halides is 2. The molecule has 3 heterocycles. The minimum Gasteiger partial charge on any atom is -0.378 e. The van der Waals surface area contributed by atoms with E-state index in [2.05, 4.69) is 39.4 Å². The SMILES string of the molecule is CC.CC(F)(F)c1cccc(NN2CCN(/C=N/N)CC2(C)C)c1.Cc1ncc(F)c(N2CCOCC2)n1. The van der Waals surface area contributed by atoms with E-state index in [4.69, 9.17) is 10.6 Å². The Balaban J connectivity index is 0.000000272. The normalized spacial score (nSPS) is 17.8. The van der Waals surface area contributed by atoms with E-state index in [1.165, 1.54) is 18.3 Å². The Morgan fingerprint density at radius 1 is 1.16 bits per heavy atom. The van der Waals surface area contributed by atoms with Gasteiger partial charge in [0.15, 0.2) is 11.6 Å². The number of halogens is 3. The molecule has 2 saturated heterocycles. The van der Waals surface area contributed by atoms with E-state index in [0.717, 1.165) is 26.6 Å². The number of anilines is 2. The number of nitrogens with one attached hydrogen (secondary N) is 1. The Kier molecular flexibility index (Phi) is 11.6. The molecule has 2 fully saturated rings. The maximum Gasteiger partial charge on any atom is 0.270 e. The van der Waals surface area contributed by atoms with E-state index in [1.54, 1.807) is 25.4 Å². The summed E-state index contributed by atoms with van der Waals surface area (Å²) < 4.78 is 45.4. The van der Waals surface area contributed by atoms with Gasteiger partial charge in [0.25, 0.3) is 5.92 Å². The second kappa shape index (κ2) is 14.1. The molecule has 0 unspecified atom stereocenters. The third-order valence-electron chi connectivity index (χ3n) is 5.95. The predicted molar refractivity (Wildman–Crippen MR) is 146 cm³/mol. The lowest BCUT2D eigenvalue weighted by atomic mass is 10.0. The molecule has 0 atom stereocenters. The van der Waals surface area contributed by atoms with Crippen LogP contribution in [0.1, 0.15) is 46.0 Å². The Bertz CT molecular complexity index is 1030. The Labute approximate surface area is 223 Å². The number of hydrazine groups is 1. The summed E-state index contributed by atoms with van der Waals surface area (Å²) in [5.41, 5.74) is 3.72. The molecule has 9 nitrogen and oxygen atoms in total. The van der Waals surface area contributed by atoms with Crippen molar-refractivity contribution < 1.29 is 17.9 Å². The number of aryl methyl sites for hydroxylation is 1. The van der Waals surface area contributed by atoms with E-state index in [-0.39, 0.29) is 16.9 Å². The summed E-state index contributed by atoms with van der Waals surface area (Å²) in [5, 5.41) is 5.61. The molecule has 2 aliphatic rings. The monoisotopic (exact) mass is 538 g/mol. The molecule has 0 aliphatic carbocycles. The molecule has 0 saturated carbocycles. The molecule has 38 heavy (non-hydrogen) atoms. The summed E-state index contributed by atoms with van der Waals surface area (Å²) in [5.74, 6) is 2.96. The van der Waals surface area contributed by atoms with Crippen molar-refractivity contribution in [3.05, 3.63) is 47.7 Å². The van der Waals surface area contributed by atoms with Gasteiger partial charge in [-0.25, -0.2) is 28.1 Å². The number of nitrogens with two attached hydrogens (primary N) is 1. The fraction of sp³-hybridized carbons (Fsp3) is 0.577. The van der Waals surface area contributed by atoms with Gasteiger partial charge >= 0.3 is 0 Å². The maximum absolute atomic E-state index is 13.4. The summed E-state index contributed by atoms with van der Waals surface area (Å²) in [6, 6.07) is 6.36. The lowest BCUT2D eigenvalue weighted by Gasteiger charge is -2.46. The number of ether oxygens (including phenoxy) is 1. The van der Waals surface area contributed by atoms with E-state index < -0.39 is 5.92 Å². The topological polar surface area (TPSA) is 95.1 Å². The second-order valence-electron chi connectivity index (χ2n) is 9.47. The number of benzene rings is 1. The lowest BCUT2D eigenvalue weighted by molar-refractivity contribution is 0.0174. The van der Waals surface area contributed by atoms with Gasteiger partial charge in [0.2, 0.25) is 0 Å².